The molecule has 35 heavy (non-hydrogen) atoms. The first-order chi connectivity index (χ1) is 17.0. The predicted molar refractivity (Wildman–Crippen MR) is 132 cm³/mol. The molecule has 0 bridgehead atoms. The molecule has 0 aromatic heterocycles. The zero-order chi connectivity index (χ0) is 25.0. The Morgan fingerprint density at radius 1 is 0.886 bits per heavy atom. The Morgan fingerprint density at radius 3 is 2.11 bits per heavy atom. The molecular weight excluding hydrogens is 444 g/mol. The zero-order valence-corrected chi connectivity index (χ0v) is 19.2. The lowest BCUT2D eigenvalue weighted by atomic mass is 10.0. The highest BCUT2D eigenvalue weighted by Gasteiger charge is 2.24. The van der Waals surface area contributed by atoms with Crippen molar-refractivity contribution in [1.82, 2.24) is 10.4 Å². The summed E-state index contributed by atoms with van der Waals surface area (Å²) in [7, 11) is 0. The van der Waals surface area contributed by atoms with Crippen LogP contribution in [0.2, 0.25) is 0 Å². The van der Waals surface area contributed by atoms with Crippen LogP contribution in [-0.4, -0.2) is 57.6 Å². The number of aliphatic hydroxyl groups excluding tert-OH is 2. The number of carbonyl (C=O) groups is 2. The van der Waals surface area contributed by atoms with Crippen LogP contribution >= 0.6 is 0 Å². The Morgan fingerprint density at radius 2 is 1.49 bits per heavy atom. The number of aliphatic hydroxyl groups is 2. The second kappa shape index (κ2) is 13.1. The zero-order valence-electron chi connectivity index (χ0n) is 19.2. The monoisotopic (exact) mass is 472 g/mol. The molecule has 180 valence electrons. The summed E-state index contributed by atoms with van der Waals surface area (Å²) in [4.78, 5) is 24.4. The van der Waals surface area contributed by atoms with Gasteiger partial charge >= 0.3 is 0 Å². The third kappa shape index (κ3) is 8.09. The van der Waals surface area contributed by atoms with Gasteiger partial charge in [0.15, 0.2) is 0 Å². The van der Waals surface area contributed by atoms with Gasteiger partial charge < -0.3 is 15.5 Å². The molecule has 4 N–H and O–H groups in total. The maximum absolute atomic E-state index is 12.2. The highest BCUT2D eigenvalue weighted by molar-refractivity contribution is 5.87. The Labute approximate surface area is 204 Å². The van der Waals surface area contributed by atoms with Gasteiger partial charge in [0.1, 0.15) is 12.6 Å². The first-order valence-electron chi connectivity index (χ1n) is 11.2. The van der Waals surface area contributed by atoms with E-state index >= 15 is 0 Å². The normalized spacial score (nSPS) is 12.1. The van der Waals surface area contributed by atoms with Crippen molar-refractivity contribution in [3.63, 3.8) is 0 Å². The van der Waals surface area contributed by atoms with Crippen LogP contribution in [0.25, 0.3) is 11.1 Å². The Hall–Kier alpha value is -3.96. The third-order valence-corrected chi connectivity index (χ3v) is 5.28. The third-order valence-electron chi connectivity index (χ3n) is 5.28. The largest absolute Gasteiger partial charge is 0.394 e. The summed E-state index contributed by atoms with van der Waals surface area (Å²) < 4.78 is 0. The average molecular weight is 473 g/mol. The van der Waals surface area contributed by atoms with E-state index in [1.807, 2.05) is 84.9 Å². The van der Waals surface area contributed by atoms with Gasteiger partial charge in [-0.25, -0.2) is 5.06 Å². The maximum atomic E-state index is 12.2. The Balaban J connectivity index is 1.47. The van der Waals surface area contributed by atoms with Crippen LogP contribution in [-0.2, 0) is 16.0 Å². The first kappa shape index (κ1) is 25.7. The van der Waals surface area contributed by atoms with E-state index in [0.29, 0.717) is 12.0 Å². The minimum Gasteiger partial charge on any atom is -0.394 e. The molecule has 0 aliphatic heterocycles. The first-order valence-corrected chi connectivity index (χ1v) is 11.2. The number of hydrogen-bond acceptors (Lipinski definition) is 5. The van der Waals surface area contributed by atoms with Gasteiger partial charge in [-0.15, -0.1) is 0 Å². The van der Waals surface area contributed by atoms with E-state index in [1.54, 1.807) is 0 Å². The van der Waals surface area contributed by atoms with Crippen molar-refractivity contribution >= 4 is 11.8 Å². The van der Waals surface area contributed by atoms with E-state index in [2.05, 4.69) is 17.2 Å². The van der Waals surface area contributed by atoms with Crippen LogP contribution < -0.4 is 5.32 Å². The van der Waals surface area contributed by atoms with Gasteiger partial charge in [0, 0.05) is 5.56 Å². The SMILES string of the molecule is O=C(C[C@H](O)C(=O)N(O)CC#Cc1ccc(-c2ccccc2)cc1)N[C@H](CO)Cc1ccccc1. The van der Waals surface area contributed by atoms with Crippen LogP contribution in [0.1, 0.15) is 17.5 Å². The number of carbonyl (C=O) groups excluding carboxylic acids is 2. The molecule has 3 aromatic rings. The fourth-order valence-corrected chi connectivity index (χ4v) is 3.45. The predicted octanol–water partition coefficient (Wildman–Crippen LogP) is 2.39. The molecule has 7 nitrogen and oxygen atoms in total. The molecular formula is C28H28N2O5. The van der Waals surface area contributed by atoms with Gasteiger partial charge in [-0.05, 0) is 35.2 Å². The number of nitrogens with zero attached hydrogens (tertiary/aromatic N) is 1. The minimum atomic E-state index is -1.73. The van der Waals surface area contributed by atoms with Crippen molar-refractivity contribution < 1.29 is 25.0 Å². The van der Waals surface area contributed by atoms with Crippen molar-refractivity contribution in [2.75, 3.05) is 13.2 Å². The van der Waals surface area contributed by atoms with Crippen molar-refractivity contribution in [2.45, 2.75) is 25.0 Å². The van der Waals surface area contributed by atoms with Gasteiger partial charge in [-0.1, -0.05) is 84.6 Å². The highest BCUT2D eigenvalue weighted by Crippen LogP contribution is 2.18. The Bertz CT molecular complexity index is 1150. The quantitative estimate of drug-likeness (QED) is 0.217. The van der Waals surface area contributed by atoms with E-state index in [9.17, 15) is 25.0 Å². The topological polar surface area (TPSA) is 110 Å². The average Bonchev–Trinajstić information content (AvgIpc) is 2.89. The van der Waals surface area contributed by atoms with Crippen LogP contribution in [0.4, 0.5) is 0 Å². The number of amides is 2. The van der Waals surface area contributed by atoms with Gasteiger partial charge in [-0.3, -0.25) is 14.8 Å². The van der Waals surface area contributed by atoms with Crippen LogP contribution in [0.3, 0.4) is 0 Å². The lowest BCUT2D eigenvalue weighted by molar-refractivity contribution is -0.173. The standard InChI is InChI=1S/C28H28N2O5/c31-20-25(18-22-8-3-1-4-9-22)29-27(33)19-26(32)28(34)30(35)17-7-10-21-13-15-24(16-14-21)23-11-5-2-6-12-23/h1-6,8-9,11-16,25-26,31-32,35H,17-20H2,(H,29,33)/t25-,26-/m0/s1. The smallest absolute Gasteiger partial charge is 0.276 e. The van der Waals surface area contributed by atoms with Crippen molar-refractivity contribution in [1.29, 1.82) is 0 Å². The molecule has 2 amide bonds. The van der Waals surface area contributed by atoms with E-state index < -0.39 is 30.4 Å². The molecule has 0 aliphatic carbocycles. The van der Waals surface area contributed by atoms with Crippen LogP contribution in [0.15, 0.2) is 84.9 Å². The summed E-state index contributed by atoms with van der Waals surface area (Å²) in [5, 5.41) is 32.4. The molecule has 0 fully saturated rings. The summed E-state index contributed by atoms with van der Waals surface area (Å²) in [6.45, 7) is -0.621. The molecule has 0 saturated heterocycles. The van der Waals surface area contributed by atoms with Gasteiger partial charge in [0.2, 0.25) is 5.91 Å². The lowest BCUT2D eigenvalue weighted by Crippen LogP contribution is -2.44. The highest BCUT2D eigenvalue weighted by atomic mass is 16.5. The van der Waals surface area contributed by atoms with Gasteiger partial charge in [0.05, 0.1) is 19.1 Å². The number of nitrogens with one attached hydrogen (secondary N) is 1. The van der Waals surface area contributed by atoms with Crippen LogP contribution in [0, 0.1) is 11.8 Å². The van der Waals surface area contributed by atoms with Gasteiger partial charge in [0.25, 0.3) is 5.91 Å². The fraction of sp³-hybridized carbons (Fsp3) is 0.214. The molecule has 3 aromatic carbocycles. The molecule has 0 heterocycles. The molecule has 0 spiro atoms. The molecule has 7 heteroatoms. The van der Waals surface area contributed by atoms with E-state index in [-0.39, 0.29) is 18.2 Å². The number of hydrogen-bond donors (Lipinski definition) is 4. The lowest BCUT2D eigenvalue weighted by Gasteiger charge is -2.19. The minimum absolute atomic E-state index is 0.288. The molecule has 2 atom stereocenters. The molecule has 0 unspecified atom stereocenters. The summed E-state index contributed by atoms with van der Waals surface area (Å²) in [6, 6.07) is 26.2. The maximum Gasteiger partial charge on any atom is 0.276 e. The number of benzene rings is 3. The summed E-state index contributed by atoms with van der Waals surface area (Å²) >= 11 is 0. The molecule has 0 aliphatic rings. The summed E-state index contributed by atoms with van der Waals surface area (Å²) in [5.74, 6) is 3.89. The van der Waals surface area contributed by atoms with E-state index in [4.69, 9.17) is 0 Å². The molecule has 0 radical (unpaired) electrons. The molecule has 0 saturated carbocycles. The molecule has 3 rings (SSSR count). The van der Waals surface area contributed by atoms with Crippen molar-refractivity contribution in [3.05, 3.63) is 96.1 Å². The van der Waals surface area contributed by atoms with E-state index in [0.717, 1.165) is 16.7 Å². The second-order valence-corrected chi connectivity index (χ2v) is 8.00. The summed E-state index contributed by atoms with van der Waals surface area (Å²) in [6.07, 6.45) is -1.88. The Kier molecular flexibility index (Phi) is 9.58. The van der Waals surface area contributed by atoms with Crippen molar-refractivity contribution in [3.8, 4) is 23.0 Å². The van der Waals surface area contributed by atoms with Crippen molar-refractivity contribution in [2.24, 2.45) is 0 Å². The van der Waals surface area contributed by atoms with Crippen LogP contribution in [0.5, 0.6) is 0 Å². The van der Waals surface area contributed by atoms with Gasteiger partial charge in [-0.2, -0.15) is 0 Å². The fourth-order valence-electron chi connectivity index (χ4n) is 3.45. The number of rotatable bonds is 9. The summed E-state index contributed by atoms with van der Waals surface area (Å²) in [5.41, 5.74) is 3.77. The second-order valence-electron chi connectivity index (χ2n) is 8.00. The van der Waals surface area contributed by atoms with E-state index in [1.165, 1.54) is 0 Å². The number of hydroxylamine groups is 2.